The first kappa shape index (κ1) is 23.2. The topological polar surface area (TPSA) is 69.0 Å². The number of hydrogen-bond donors (Lipinski definition) is 1. The molecule has 2 heterocycles. The molecule has 0 spiro atoms. The fourth-order valence-corrected chi connectivity index (χ4v) is 3.51. The van der Waals surface area contributed by atoms with Crippen molar-refractivity contribution in [1.82, 2.24) is 14.8 Å². The zero-order valence-electron chi connectivity index (χ0n) is 18.3. The van der Waals surface area contributed by atoms with Gasteiger partial charge in [0.1, 0.15) is 5.82 Å². The summed E-state index contributed by atoms with van der Waals surface area (Å²) in [7, 11) is 0. The van der Waals surface area contributed by atoms with Gasteiger partial charge in [0.25, 0.3) is 5.91 Å². The maximum Gasteiger partial charge on any atom is 0.417 e. The lowest BCUT2D eigenvalue weighted by atomic mass is 10.1. The smallest absolute Gasteiger partial charge is 0.417 e. The Bertz CT molecular complexity index is 1350. The van der Waals surface area contributed by atoms with Crippen molar-refractivity contribution in [3.8, 4) is 11.6 Å². The Morgan fingerprint density at radius 3 is 2.50 bits per heavy atom. The van der Waals surface area contributed by atoms with Crippen molar-refractivity contribution < 1.29 is 27.1 Å². The molecule has 2 aromatic carbocycles. The van der Waals surface area contributed by atoms with Crippen LogP contribution in [0.2, 0.25) is 0 Å². The van der Waals surface area contributed by atoms with Crippen molar-refractivity contribution in [2.24, 2.45) is 0 Å². The number of hydrogen-bond acceptors (Lipinski definition) is 4. The summed E-state index contributed by atoms with van der Waals surface area (Å²) in [5.41, 5.74) is 0.719. The molecule has 0 aliphatic carbocycles. The Morgan fingerprint density at radius 1 is 1.12 bits per heavy atom. The summed E-state index contributed by atoms with van der Waals surface area (Å²) < 4.78 is 61.7. The maximum absolute atomic E-state index is 13.8. The van der Waals surface area contributed by atoms with Gasteiger partial charge in [0.2, 0.25) is 5.88 Å². The van der Waals surface area contributed by atoms with Crippen LogP contribution in [0.1, 0.15) is 23.7 Å². The highest BCUT2D eigenvalue weighted by molar-refractivity contribution is 5.92. The van der Waals surface area contributed by atoms with E-state index in [-0.39, 0.29) is 22.4 Å². The van der Waals surface area contributed by atoms with Crippen LogP contribution in [0.15, 0.2) is 54.6 Å². The number of alkyl halides is 3. The molecule has 0 bridgehead atoms. The van der Waals surface area contributed by atoms with Crippen molar-refractivity contribution in [3.05, 3.63) is 77.2 Å². The third-order valence-electron chi connectivity index (χ3n) is 5.14. The fraction of sp³-hybridized carbons (Fsp3) is 0.208. The van der Waals surface area contributed by atoms with E-state index >= 15 is 0 Å². The number of carbonyl (C=O) groups excluding carboxylic acids is 1. The largest absolute Gasteiger partial charge is 0.467 e. The number of fused-ring (bicyclic) bond motifs is 1. The van der Waals surface area contributed by atoms with Crippen molar-refractivity contribution in [2.75, 3.05) is 11.9 Å². The zero-order valence-corrected chi connectivity index (χ0v) is 18.3. The quantitative estimate of drug-likeness (QED) is 0.378. The Balaban J connectivity index is 1.65. The summed E-state index contributed by atoms with van der Waals surface area (Å²) in [5, 5.41) is 6.52. The van der Waals surface area contributed by atoms with E-state index in [0.29, 0.717) is 5.69 Å². The second-order valence-electron chi connectivity index (χ2n) is 7.57. The van der Waals surface area contributed by atoms with E-state index in [1.54, 1.807) is 12.1 Å². The number of anilines is 1. The van der Waals surface area contributed by atoms with Gasteiger partial charge in [-0.1, -0.05) is 25.1 Å². The summed E-state index contributed by atoms with van der Waals surface area (Å²) in [6, 6.07) is 13.1. The van der Waals surface area contributed by atoms with Crippen LogP contribution in [0.4, 0.5) is 23.2 Å². The second-order valence-corrected chi connectivity index (χ2v) is 7.57. The van der Waals surface area contributed by atoms with E-state index in [2.05, 4.69) is 15.4 Å². The fourth-order valence-electron chi connectivity index (χ4n) is 3.51. The lowest BCUT2D eigenvalue weighted by molar-refractivity contribution is -0.136. The van der Waals surface area contributed by atoms with Crippen molar-refractivity contribution in [2.45, 2.75) is 26.4 Å². The van der Waals surface area contributed by atoms with Crippen LogP contribution in [0.5, 0.6) is 5.88 Å². The van der Waals surface area contributed by atoms with E-state index in [1.165, 1.54) is 25.1 Å². The number of nitrogens with one attached hydrogen (secondary N) is 1. The van der Waals surface area contributed by atoms with Gasteiger partial charge in [-0.15, -0.1) is 0 Å². The van der Waals surface area contributed by atoms with Gasteiger partial charge in [0.15, 0.2) is 12.3 Å². The summed E-state index contributed by atoms with van der Waals surface area (Å²) in [6.45, 7) is 2.85. The van der Waals surface area contributed by atoms with Crippen LogP contribution in [0, 0.1) is 12.7 Å². The first-order valence-electron chi connectivity index (χ1n) is 10.4. The highest BCUT2D eigenvalue weighted by Crippen LogP contribution is 2.38. The maximum atomic E-state index is 13.8. The summed E-state index contributed by atoms with van der Waals surface area (Å²) >= 11 is 0. The SMILES string of the molecule is CCc1ccc(NC(=O)COc2cc(C(F)(F)F)c3c(C)nn(-c4cccc(F)c4)c3n2)cc1. The molecule has 4 aromatic rings. The Labute approximate surface area is 192 Å². The molecule has 0 radical (unpaired) electrons. The lowest BCUT2D eigenvalue weighted by Gasteiger charge is -2.12. The summed E-state index contributed by atoms with van der Waals surface area (Å²) in [5.74, 6) is -1.55. The molecule has 0 saturated carbocycles. The molecule has 10 heteroatoms. The summed E-state index contributed by atoms with van der Waals surface area (Å²) in [6.07, 6.45) is -3.89. The monoisotopic (exact) mass is 472 g/mol. The number of amides is 1. The summed E-state index contributed by atoms with van der Waals surface area (Å²) in [4.78, 5) is 16.4. The minimum Gasteiger partial charge on any atom is -0.467 e. The van der Waals surface area contributed by atoms with E-state index in [4.69, 9.17) is 4.74 Å². The number of rotatable bonds is 6. The number of nitrogens with zero attached hydrogens (tertiary/aromatic N) is 3. The van der Waals surface area contributed by atoms with E-state index < -0.39 is 36.0 Å². The molecule has 176 valence electrons. The van der Waals surface area contributed by atoms with Crippen molar-refractivity contribution in [1.29, 1.82) is 0 Å². The van der Waals surface area contributed by atoms with Crippen LogP contribution >= 0.6 is 0 Å². The molecular formula is C24H20F4N4O2. The Morgan fingerprint density at radius 2 is 1.85 bits per heavy atom. The number of aromatic nitrogens is 3. The number of ether oxygens (including phenoxy) is 1. The van der Waals surface area contributed by atoms with Crippen LogP contribution < -0.4 is 10.1 Å². The van der Waals surface area contributed by atoms with Gasteiger partial charge in [-0.25, -0.2) is 9.07 Å². The van der Waals surface area contributed by atoms with Gasteiger partial charge in [-0.2, -0.15) is 23.3 Å². The first-order chi connectivity index (χ1) is 16.2. The third-order valence-corrected chi connectivity index (χ3v) is 5.14. The van der Waals surface area contributed by atoms with E-state index in [1.807, 2.05) is 19.1 Å². The van der Waals surface area contributed by atoms with Gasteiger partial charge in [-0.3, -0.25) is 4.79 Å². The standard InChI is InChI=1S/C24H20F4N4O2/c1-3-15-7-9-17(10-8-15)29-20(33)13-34-21-12-19(24(26,27)28)22-14(2)31-32(23(22)30-21)18-6-4-5-16(25)11-18/h4-12H,3,13H2,1-2H3,(H,29,33). The second kappa shape index (κ2) is 9.12. The number of aryl methyl sites for hydroxylation is 2. The van der Waals surface area contributed by atoms with Crippen LogP contribution in [0.3, 0.4) is 0 Å². The van der Waals surface area contributed by atoms with Crippen LogP contribution in [-0.4, -0.2) is 27.3 Å². The van der Waals surface area contributed by atoms with Crippen LogP contribution in [0.25, 0.3) is 16.7 Å². The molecule has 1 amide bonds. The number of carbonyl (C=O) groups is 1. The van der Waals surface area contributed by atoms with E-state index in [0.717, 1.165) is 28.8 Å². The molecule has 0 atom stereocenters. The first-order valence-corrected chi connectivity index (χ1v) is 10.4. The Kier molecular flexibility index (Phi) is 6.23. The third kappa shape index (κ3) is 4.85. The molecule has 0 unspecified atom stereocenters. The van der Waals surface area contributed by atoms with Crippen molar-refractivity contribution in [3.63, 3.8) is 0 Å². The van der Waals surface area contributed by atoms with Crippen molar-refractivity contribution >= 4 is 22.6 Å². The number of pyridine rings is 1. The molecule has 1 N–H and O–H groups in total. The Hall–Kier alpha value is -3.95. The van der Waals surface area contributed by atoms with Gasteiger partial charge < -0.3 is 10.1 Å². The molecule has 0 fully saturated rings. The lowest BCUT2D eigenvalue weighted by Crippen LogP contribution is -2.20. The molecular weight excluding hydrogens is 452 g/mol. The van der Waals surface area contributed by atoms with E-state index in [9.17, 15) is 22.4 Å². The van der Waals surface area contributed by atoms with Crippen LogP contribution in [-0.2, 0) is 17.4 Å². The minimum absolute atomic E-state index is 0.0684. The molecule has 0 saturated heterocycles. The minimum atomic E-state index is -4.73. The normalized spacial score (nSPS) is 11.6. The van der Waals surface area contributed by atoms with Gasteiger partial charge in [-0.05, 0) is 49.2 Å². The predicted octanol–water partition coefficient (Wildman–Crippen LogP) is 5.47. The average Bonchev–Trinajstić information content (AvgIpc) is 3.13. The number of benzene rings is 2. The molecule has 34 heavy (non-hydrogen) atoms. The molecule has 4 rings (SSSR count). The molecule has 0 aliphatic rings. The highest BCUT2D eigenvalue weighted by Gasteiger charge is 2.36. The van der Waals surface area contributed by atoms with Gasteiger partial charge in [0.05, 0.1) is 22.3 Å². The highest BCUT2D eigenvalue weighted by atomic mass is 19.4. The zero-order chi connectivity index (χ0) is 24.5. The van der Waals surface area contributed by atoms with Gasteiger partial charge >= 0.3 is 6.18 Å². The molecule has 6 nitrogen and oxygen atoms in total. The molecule has 0 aliphatic heterocycles. The number of halogens is 4. The van der Waals surface area contributed by atoms with Gasteiger partial charge in [0, 0.05) is 11.8 Å². The molecule has 2 aromatic heterocycles. The average molecular weight is 472 g/mol. The predicted molar refractivity (Wildman–Crippen MR) is 119 cm³/mol.